The van der Waals surface area contributed by atoms with Gasteiger partial charge in [0.2, 0.25) is 0 Å². The summed E-state index contributed by atoms with van der Waals surface area (Å²) in [7, 11) is 0. The van der Waals surface area contributed by atoms with Crippen molar-refractivity contribution in [3.63, 3.8) is 0 Å². The number of carbonyl (C=O) groups excluding carboxylic acids is 1. The summed E-state index contributed by atoms with van der Waals surface area (Å²) in [5.41, 5.74) is 8.84. The molecule has 0 atom stereocenters. The maximum absolute atomic E-state index is 11.8. The number of nitrogens with one attached hydrogen (secondary N) is 1. The van der Waals surface area contributed by atoms with Crippen LogP contribution in [0.1, 0.15) is 21.7 Å². The lowest BCUT2D eigenvalue weighted by molar-refractivity contribution is 0.0949. The Balaban J connectivity index is 1.89. The van der Waals surface area contributed by atoms with Gasteiger partial charge in [-0.05, 0) is 12.1 Å². The van der Waals surface area contributed by atoms with Gasteiger partial charge in [-0.25, -0.2) is 4.98 Å². The molecule has 0 aromatic carbocycles. The highest BCUT2D eigenvalue weighted by atomic mass is 32.1. The molecular weight excluding hydrogens is 278 g/mol. The molecule has 104 valence electrons. The van der Waals surface area contributed by atoms with Gasteiger partial charge in [0.05, 0.1) is 11.2 Å². The van der Waals surface area contributed by atoms with Crippen LogP contribution in [0.4, 0.5) is 0 Å². The number of nitrogens with two attached hydrogens (primary N) is 1. The Hall–Kier alpha value is -2.48. The zero-order chi connectivity index (χ0) is 14.4. The number of oxime groups is 1. The molecule has 20 heavy (non-hydrogen) atoms. The van der Waals surface area contributed by atoms with Gasteiger partial charge in [-0.3, -0.25) is 9.78 Å². The van der Waals surface area contributed by atoms with Crippen molar-refractivity contribution in [2.24, 2.45) is 10.9 Å². The smallest absolute Gasteiger partial charge is 0.269 e. The average Bonchev–Trinajstić information content (AvgIpc) is 2.99. The van der Waals surface area contributed by atoms with Gasteiger partial charge in [0.1, 0.15) is 5.69 Å². The van der Waals surface area contributed by atoms with Gasteiger partial charge in [-0.15, -0.1) is 11.3 Å². The maximum atomic E-state index is 11.8. The van der Waals surface area contributed by atoms with E-state index in [1.54, 1.807) is 11.6 Å². The molecule has 0 spiro atoms. The van der Waals surface area contributed by atoms with Crippen LogP contribution in [0.25, 0.3) is 0 Å². The van der Waals surface area contributed by atoms with E-state index in [9.17, 15) is 4.79 Å². The fraction of sp³-hybridized carbons (Fsp3) is 0.167. The summed E-state index contributed by atoms with van der Waals surface area (Å²) in [6.07, 6.45) is 2.06. The van der Waals surface area contributed by atoms with Crippen LogP contribution in [0.3, 0.4) is 0 Å². The summed E-state index contributed by atoms with van der Waals surface area (Å²) in [5, 5.41) is 16.1. The fourth-order valence-corrected chi connectivity index (χ4v) is 2.09. The second kappa shape index (κ2) is 6.62. The van der Waals surface area contributed by atoms with E-state index in [1.165, 1.54) is 23.6 Å². The number of aromatic nitrogens is 2. The SMILES string of the molecule is NC(=NO)c1ccc(C(=O)NCCc2cscn2)nc1. The molecule has 2 rings (SSSR count). The largest absolute Gasteiger partial charge is 0.409 e. The number of thiazole rings is 1. The standard InChI is InChI=1S/C12H13N5O2S/c13-11(17-19)8-1-2-10(15-5-8)12(18)14-4-3-9-6-20-7-16-9/h1-2,5-7,19H,3-4H2,(H2,13,17)(H,14,18). The first-order valence-electron chi connectivity index (χ1n) is 5.80. The zero-order valence-electron chi connectivity index (χ0n) is 10.5. The topological polar surface area (TPSA) is 113 Å². The zero-order valence-corrected chi connectivity index (χ0v) is 11.3. The van der Waals surface area contributed by atoms with E-state index < -0.39 is 0 Å². The quantitative estimate of drug-likeness (QED) is 0.323. The highest BCUT2D eigenvalue weighted by Crippen LogP contribution is 2.02. The first-order valence-corrected chi connectivity index (χ1v) is 6.74. The number of amidine groups is 1. The minimum absolute atomic E-state index is 0.0482. The number of pyridine rings is 1. The highest BCUT2D eigenvalue weighted by molar-refractivity contribution is 7.07. The third kappa shape index (κ3) is 3.51. The van der Waals surface area contributed by atoms with Crippen LogP contribution in [0.2, 0.25) is 0 Å². The molecule has 2 heterocycles. The molecule has 2 aromatic rings. The van der Waals surface area contributed by atoms with Crippen molar-refractivity contribution in [3.05, 3.63) is 46.2 Å². The van der Waals surface area contributed by atoms with Gasteiger partial charge >= 0.3 is 0 Å². The number of carbonyl (C=O) groups is 1. The predicted octanol–water partition coefficient (Wildman–Crippen LogP) is 0.605. The van der Waals surface area contributed by atoms with Gasteiger partial charge in [0, 0.05) is 30.1 Å². The Morgan fingerprint density at radius 2 is 2.30 bits per heavy atom. The Morgan fingerprint density at radius 3 is 2.90 bits per heavy atom. The molecule has 0 unspecified atom stereocenters. The van der Waals surface area contributed by atoms with Crippen molar-refractivity contribution in [2.75, 3.05) is 6.54 Å². The fourth-order valence-electron chi connectivity index (χ4n) is 1.49. The van der Waals surface area contributed by atoms with Crippen molar-refractivity contribution in [2.45, 2.75) is 6.42 Å². The first kappa shape index (κ1) is 13.9. The summed E-state index contributed by atoms with van der Waals surface area (Å²) in [4.78, 5) is 19.9. The maximum Gasteiger partial charge on any atom is 0.269 e. The normalized spacial score (nSPS) is 11.3. The van der Waals surface area contributed by atoms with E-state index in [0.29, 0.717) is 18.5 Å². The molecule has 0 saturated heterocycles. The van der Waals surface area contributed by atoms with Crippen molar-refractivity contribution in [1.82, 2.24) is 15.3 Å². The van der Waals surface area contributed by atoms with Gasteiger partial charge in [0.15, 0.2) is 5.84 Å². The molecule has 8 heteroatoms. The molecule has 0 aliphatic heterocycles. The minimum Gasteiger partial charge on any atom is -0.409 e. The van der Waals surface area contributed by atoms with E-state index in [4.69, 9.17) is 10.9 Å². The van der Waals surface area contributed by atoms with E-state index >= 15 is 0 Å². The van der Waals surface area contributed by atoms with Gasteiger partial charge < -0.3 is 16.3 Å². The van der Waals surface area contributed by atoms with Gasteiger partial charge in [0.25, 0.3) is 5.91 Å². The van der Waals surface area contributed by atoms with Crippen molar-refractivity contribution < 1.29 is 10.0 Å². The molecule has 0 fully saturated rings. The highest BCUT2D eigenvalue weighted by Gasteiger charge is 2.08. The summed E-state index contributed by atoms with van der Waals surface area (Å²) in [6.45, 7) is 0.492. The molecule has 0 aliphatic carbocycles. The molecule has 0 saturated carbocycles. The molecule has 0 radical (unpaired) electrons. The second-order valence-corrected chi connectivity index (χ2v) is 4.62. The van der Waals surface area contributed by atoms with Gasteiger partial charge in [-0.2, -0.15) is 0 Å². The predicted molar refractivity (Wildman–Crippen MR) is 74.9 cm³/mol. The van der Waals surface area contributed by atoms with Crippen LogP contribution in [0, 0.1) is 0 Å². The molecule has 2 aromatic heterocycles. The third-order valence-electron chi connectivity index (χ3n) is 2.55. The second-order valence-electron chi connectivity index (χ2n) is 3.90. The lowest BCUT2D eigenvalue weighted by Crippen LogP contribution is -2.26. The van der Waals surface area contributed by atoms with Crippen molar-refractivity contribution in [3.8, 4) is 0 Å². The van der Waals surface area contributed by atoms with Crippen LogP contribution >= 0.6 is 11.3 Å². The molecule has 0 aliphatic rings. The van der Waals surface area contributed by atoms with Crippen LogP contribution < -0.4 is 11.1 Å². The molecule has 7 nitrogen and oxygen atoms in total. The molecular formula is C12H13N5O2S. The van der Waals surface area contributed by atoms with E-state index in [1.807, 2.05) is 5.38 Å². The molecule has 0 bridgehead atoms. The Bertz CT molecular complexity index is 595. The van der Waals surface area contributed by atoms with E-state index in [0.717, 1.165) is 5.69 Å². The lowest BCUT2D eigenvalue weighted by Gasteiger charge is -2.04. The Kier molecular flexibility index (Phi) is 4.61. The Labute approximate surface area is 119 Å². The van der Waals surface area contributed by atoms with E-state index in [-0.39, 0.29) is 17.4 Å². The first-order chi connectivity index (χ1) is 9.70. The number of nitrogens with zero attached hydrogens (tertiary/aromatic N) is 3. The molecule has 4 N–H and O–H groups in total. The summed E-state index contributed by atoms with van der Waals surface area (Å²) < 4.78 is 0. The lowest BCUT2D eigenvalue weighted by atomic mass is 10.2. The van der Waals surface area contributed by atoms with Crippen LogP contribution in [0.5, 0.6) is 0 Å². The van der Waals surface area contributed by atoms with E-state index in [2.05, 4.69) is 20.4 Å². The van der Waals surface area contributed by atoms with Crippen LogP contribution in [0.15, 0.2) is 34.4 Å². The summed E-state index contributed by atoms with van der Waals surface area (Å²) in [5.74, 6) is -0.320. The van der Waals surface area contributed by atoms with Gasteiger partial charge in [-0.1, -0.05) is 5.16 Å². The summed E-state index contributed by atoms with van der Waals surface area (Å²) >= 11 is 1.52. The number of hydrogen-bond donors (Lipinski definition) is 3. The van der Waals surface area contributed by atoms with Crippen molar-refractivity contribution >= 4 is 23.1 Å². The number of amides is 1. The average molecular weight is 291 g/mol. The van der Waals surface area contributed by atoms with Crippen LogP contribution in [-0.2, 0) is 6.42 Å². The minimum atomic E-state index is -0.272. The van der Waals surface area contributed by atoms with Crippen LogP contribution in [-0.4, -0.2) is 33.5 Å². The number of rotatable bonds is 5. The van der Waals surface area contributed by atoms with Crippen molar-refractivity contribution in [1.29, 1.82) is 0 Å². The monoisotopic (exact) mass is 291 g/mol. The Morgan fingerprint density at radius 1 is 1.45 bits per heavy atom. The molecule has 1 amide bonds. The number of hydrogen-bond acceptors (Lipinski definition) is 6. The third-order valence-corrected chi connectivity index (χ3v) is 3.19. The summed E-state index contributed by atoms with van der Waals surface area (Å²) in [6, 6.07) is 3.09.